The van der Waals surface area contributed by atoms with E-state index < -0.39 is 150 Å². The van der Waals surface area contributed by atoms with E-state index in [1.807, 2.05) is 0 Å². The normalized spacial score (nSPS) is 54.0. The summed E-state index contributed by atoms with van der Waals surface area (Å²) in [6, 6.07) is 0. The fourth-order valence-corrected chi connectivity index (χ4v) is 14.8. The molecule has 3 aliphatic heterocycles. The molecule has 0 bridgehead atoms. The first kappa shape index (κ1) is 51.1. The summed E-state index contributed by atoms with van der Waals surface area (Å²) in [6.45, 7) is 11.3. The smallest absolute Gasteiger partial charge is 0.335 e. The Morgan fingerprint density at radius 1 is 0.731 bits per heavy atom. The van der Waals surface area contributed by atoms with Gasteiger partial charge in [-0.25, -0.2) is 4.79 Å². The highest BCUT2D eigenvalue weighted by Crippen LogP contribution is 2.76. The molecule has 8 aliphatic rings. The number of aliphatic hydroxyl groups is 9. The summed E-state index contributed by atoms with van der Waals surface area (Å²) in [5, 5.41) is 118. The Kier molecular flexibility index (Phi) is 13.6. The highest BCUT2D eigenvalue weighted by atomic mass is 16.8. The number of carbonyl (C=O) groups excluding carboxylic acids is 1. The third-order valence-electron chi connectivity index (χ3n) is 18.9. The molecule has 0 spiro atoms. The molecule has 20 nitrogen and oxygen atoms in total. The van der Waals surface area contributed by atoms with Crippen molar-refractivity contribution in [3.05, 3.63) is 11.6 Å². The number of fused-ring (bicyclic) bond motifs is 7. The van der Waals surface area contributed by atoms with Crippen molar-refractivity contribution in [3.8, 4) is 0 Å². The average molecular weight is 957 g/mol. The maximum Gasteiger partial charge on any atom is 0.335 e. The first-order chi connectivity index (χ1) is 31.3. The number of ether oxygens (including phenoxy) is 6. The van der Waals surface area contributed by atoms with Gasteiger partial charge in [0, 0.05) is 0 Å². The molecule has 0 radical (unpaired) electrons. The van der Waals surface area contributed by atoms with Crippen LogP contribution in [-0.4, -0.2) is 186 Å². The maximum absolute atomic E-state index is 13.8. The molecule has 3 heterocycles. The van der Waals surface area contributed by atoms with Crippen LogP contribution in [0.2, 0.25) is 0 Å². The second-order valence-electron chi connectivity index (χ2n) is 22.8. The predicted molar refractivity (Wildman–Crippen MR) is 227 cm³/mol. The number of carboxylic acids is 2. The topological polar surface area (TPSA) is 329 Å². The number of rotatable bonds is 10. The zero-order chi connectivity index (χ0) is 49.1. The minimum Gasteiger partial charge on any atom is -0.481 e. The fraction of sp³-hybridized carbons (Fsp3) is 0.894. The van der Waals surface area contributed by atoms with E-state index >= 15 is 0 Å². The van der Waals surface area contributed by atoms with Crippen LogP contribution >= 0.6 is 0 Å². The standard InChI is InChI=1S/C47H72O20/c1-42(2)13-14-47(41(60)61)21(15-42)20-7-8-25-43(3)11-10-27(44(4,19-49)24(43)9-12-45(25,5)46(20,6)16-26(47)51)64-40-36(67-39-32(56)30(54)29(53)23(17-48)63-39)34(33(57)35(66-40)37(58)59)65-38-31(55)28(52)22(50)18-62-38/h7,19,21-36,38-40,48,50-57H,8-18H2,1-6H3,(H,58,59)(H,60,61)/t21?,22-,23?,24?,25?,26-,27+,28?,29+,30?,31+,32+,33+,34?,35?,36+,38+,39+,40-,43?,44-,45-,46?,47-/m1/s1. The number of hydrogen-bond donors (Lipinski definition) is 11. The first-order valence-electron chi connectivity index (χ1n) is 23.8. The molecule has 5 aliphatic carbocycles. The van der Waals surface area contributed by atoms with Crippen LogP contribution in [0.15, 0.2) is 11.6 Å². The lowest BCUT2D eigenvalue weighted by Crippen LogP contribution is -2.69. The van der Waals surface area contributed by atoms with Crippen LogP contribution in [0.4, 0.5) is 0 Å². The molecule has 0 amide bonds. The maximum atomic E-state index is 13.8. The Morgan fingerprint density at radius 2 is 1.40 bits per heavy atom. The molecule has 4 saturated carbocycles. The van der Waals surface area contributed by atoms with E-state index in [0.29, 0.717) is 44.9 Å². The van der Waals surface area contributed by atoms with Crippen LogP contribution < -0.4 is 0 Å². The van der Waals surface area contributed by atoms with Crippen LogP contribution in [0.25, 0.3) is 0 Å². The van der Waals surface area contributed by atoms with Crippen LogP contribution in [0, 0.1) is 50.2 Å². The molecule has 7 fully saturated rings. The van der Waals surface area contributed by atoms with Gasteiger partial charge in [0.2, 0.25) is 0 Å². The number of allylic oxidation sites excluding steroid dienone is 2. The second kappa shape index (κ2) is 17.8. The molecule has 8 rings (SSSR count). The van der Waals surface area contributed by atoms with Crippen LogP contribution in [-0.2, 0) is 42.8 Å². The van der Waals surface area contributed by atoms with Crippen molar-refractivity contribution in [2.24, 2.45) is 50.2 Å². The van der Waals surface area contributed by atoms with Gasteiger partial charge in [-0.15, -0.1) is 0 Å². The number of aliphatic hydroxyl groups excluding tert-OH is 9. The van der Waals surface area contributed by atoms with E-state index in [9.17, 15) is 70.6 Å². The lowest BCUT2D eigenvalue weighted by atomic mass is 9.33. The summed E-state index contributed by atoms with van der Waals surface area (Å²) < 4.78 is 35.9. The monoisotopic (exact) mass is 956 g/mol. The number of carbonyl (C=O) groups is 3. The Morgan fingerprint density at radius 3 is 2.04 bits per heavy atom. The molecule has 0 aromatic carbocycles. The lowest BCUT2D eigenvalue weighted by molar-refractivity contribution is -0.391. The molecule has 20 heteroatoms. The summed E-state index contributed by atoms with van der Waals surface area (Å²) in [7, 11) is 0. The number of aliphatic carboxylic acids is 2. The van der Waals surface area contributed by atoms with Crippen molar-refractivity contribution in [1.82, 2.24) is 0 Å². The zero-order valence-corrected chi connectivity index (χ0v) is 39.0. The van der Waals surface area contributed by atoms with Crippen molar-refractivity contribution in [2.75, 3.05) is 13.2 Å². The fourth-order valence-electron chi connectivity index (χ4n) is 14.8. The van der Waals surface area contributed by atoms with E-state index in [1.54, 1.807) is 6.92 Å². The van der Waals surface area contributed by atoms with E-state index in [0.717, 1.165) is 11.9 Å². The Bertz CT molecular complexity index is 1910. The molecule has 24 atom stereocenters. The highest BCUT2D eigenvalue weighted by molar-refractivity contribution is 5.78. The lowest BCUT2D eigenvalue weighted by Gasteiger charge is -2.71. The summed E-state index contributed by atoms with van der Waals surface area (Å²) in [5.41, 5.74) is -3.10. The Labute approximate surface area is 389 Å². The van der Waals surface area contributed by atoms with Crippen LogP contribution in [0.1, 0.15) is 99.3 Å². The third kappa shape index (κ3) is 7.78. The van der Waals surface area contributed by atoms with Crippen molar-refractivity contribution >= 4 is 18.2 Å². The van der Waals surface area contributed by atoms with E-state index in [2.05, 4.69) is 40.7 Å². The quantitative estimate of drug-likeness (QED) is 0.0753. The molecular formula is C47H72O20. The first-order valence-corrected chi connectivity index (χ1v) is 23.8. The minimum atomic E-state index is -2.14. The van der Waals surface area contributed by atoms with E-state index in [-0.39, 0.29) is 36.0 Å². The minimum absolute atomic E-state index is 0.0258. The molecule has 0 aromatic heterocycles. The highest BCUT2D eigenvalue weighted by Gasteiger charge is 2.72. The Balaban J connectivity index is 1.13. The van der Waals surface area contributed by atoms with Gasteiger partial charge in [0.05, 0.1) is 30.8 Å². The van der Waals surface area contributed by atoms with Crippen molar-refractivity contribution in [1.29, 1.82) is 0 Å². The van der Waals surface area contributed by atoms with Gasteiger partial charge in [0.25, 0.3) is 0 Å². The SMILES string of the molecule is CC1(C)CC[C@@]2(C(=O)O)C(C1)C1=CCC3C4(C)CC[C@H](O[C@@H]5OC(C(=O)O)[C@@H](O)C(O[C@@H]6OC[C@@H](O)C(O)[C@@H]6O)[C@@H]5O[C@@H]5OC(CO)[C@H](O)C(O)[C@@H]5O)[C@](C)(C=O)C4CC[C@@]3(C)C1(C)C[C@H]2O. The van der Waals surface area contributed by atoms with Crippen LogP contribution in [0.3, 0.4) is 0 Å². The number of aldehydes is 1. The molecule has 10 unspecified atom stereocenters. The van der Waals surface area contributed by atoms with E-state index in [1.165, 1.54) is 0 Å². The van der Waals surface area contributed by atoms with Gasteiger partial charge in [0.15, 0.2) is 25.0 Å². The summed E-state index contributed by atoms with van der Waals surface area (Å²) in [5.74, 6) is -3.36. The average Bonchev–Trinajstić information content (AvgIpc) is 3.26. The molecule has 67 heavy (non-hydrogen) atoms. The zero-order valence-electron chi connectivity index (χ0n) is 39.0. The predicted octanol–water partition coefficient (Wildman–Crippen LogP) is -0.413. The van der Waals surface area contributed by atoms with Gasteiger partial charge in [-0.1, -0.05) is 53.2 Å². The van der Waals surface area contributed by atoms with Gasteiger partial charge in [-0.05, 0) is 97.2 Å². The molecule has 380 valence electrons. The number of hydrogen-bond acceptors (Lipinski definition) is 18. The second-order valence-corrected chi connectivity index (χ2v) is 22.8. The van der Waals surface area contributed by atoms with Crippen molar-refractivity contribution in [2.45, 2.75) is 198 Å². The molecule has 3 saturated heterocycles. The van der Waals surface area contributed by atoms with Crippen molar-refractivity contribution in [3.63, 3.8) is 0 Å². The number of carboxylic acid groups (broad SMARTS) is 2. The summed E-state index contributed by atoms with van der Waals surface area (Å²) in [6.07, 6.45) is -20.5. The van der Waals surface area contributed by atoms with E-state index in [4.69, 9.17) is 28.4 Å². The van der Waals surface area contributed by atoms with Gasteiger partial charge < -0.3 is 89.4 Å². The Hall–Kier alpha value is -2.25. The summed E-state index contributed by atoms with van der Waals surface area (Å²) >= 11 is 0. The third-order valence-corrected chi connectivity index (χ3v) is 18.9. The van der Waals surface area contributed by atoms with Gasteiger partial charge in [-0.2, -0.15) is 0 Å². The van der Waals surface area contributed by atoms with Crippen LogP contribution in [0.5, 0.6) is 0 Å². The summed E-state index contributed by atoms with van der Waals surface area (Å²) in [4.78, 5) is 39.8. The van der Waals surface area contributed by atoms with Crippen molar-refractivity contribution < 1.29 is 99.0 Å². The van der Waals surface area contributed by atoms with Gasteiger partial charge in [0.1, 0.15) is 72.7 Å². The van der Waals surface area contributed by atoms with Gasteiger partial charge >= 0.3 is 11.9 Å². The van der Waals surface area contributed by atoms with Gasteiger partial charge in [-0.3, -0.25) is 4.79 Å². The largest absolute Gasteiger partial charge is 0.481 e. The molecular weight excluding hydrogens is 884 g/mol. The molecule has 0 aromatic rings. The molecule has 11 N–H and O–H groups in total.